The molecule has 2 aromatic rings. The second kappa shape index (κ2) is 9.34. The molecule has 0 spiro atoms. The molecule has 1 aromatic heterocycles. The Balaban J connectivity index is 1.71. The molecule has 0 bridgehead atoms. The van der Waals surface area contributed by atoms with Gasteiger partial charge >= 0.3 is 5.69 Å². The van der Waals surface area contributed by atoms with Crippen LogP contribution < -0.4 is 11.0 Å². The molecule has 27 heavy (non-hydrogen) atoms. The van der Waals surface area contributed by atoms with Gasteiger partial charge in [-0.15, -0.1) is 0 Å². The van der Waals surface area contributed by atoms with Crippen LogP contribution in [0, 0.1) is 0 Å². The molecule has 1 fully saturated rings. The molecule has 2 heterocycles. The summed E-state index contributed by atoms with van der Waals surface area (Å²) < 4.78 is 17.4. The number of carbonyl (C=O) groups is 1. The van der Waals surface area contributed by atoms with Crippen molar-refractivity contribution in [1.29, 1.82) is 0 Å². The van der Waals surface area contributed by atoms with E-state index in [4.69, 9.17) is 25.3 Å². The molecule has 1 amide bonds. The predicted octanol–water partition coefficient (Wildman–Crippen LogP) is 2.23. The average molecular weight is 412 g/mol. The van der Waals surface area contributed by atoms with Gasteiger partial charge in [0.2, 0.25) is 0 Å². The minimum Gasteiger partial charge on any atom is -0.360 e. The highest BCUT2D eigenvalue weighted by Gasteiger charge is 2.37. The number of nitrogens with zero attached hydrogens (tertiary/aromatic N) is 2. The monoisotopic (exact) mass is 411 g/mol. The summed E-state index contributed by atoms with van der Waals surface area (Å²) in [7, 11) is 0. The summed E-state index contributed by atoms with van der Waals surface area (Å²) in [4.78, 5) is 28.5. The Morgan fingerprint density at radius 1 is 1.37 bits per heavy atom. The number of ether oxygens (including phenoxy) is 2. The molecule has 10 heteroatoms. The zero-order valence-electron chi connectivity index (χ0n) is 14.2. The lowest BCUT2D eigenvalue weighted by molar-refractivity contribution is -0.0480. The van der Waals surface area contributed by atoms with Gasteiger partial charge in [-0.05, 0) is 31.1 Å². The normalized spacial score (nSPS) is 21.9. The number of halogens is 1. The lowest BCUT2D eigenvalue weighted by atomic mass is 10.2. The fourth-order valence-corrected chi connectivity index (χ4v) is 3.14. The van der Waals surface area contributed by atoms with Crippen molar-refractivity contribution in [1.82, 2.24) is 9.55 Å². The molecule has 1 aromatic carbocycles. The van der Waals surface area contributed by atoms with Gasteiger partial charge in [-0.25, -0.2) is 4.79 Å². The summed E-state index contributed by atoms with van der Waals surface area (Å²) in [5, 5.41) is 2.60. The smallest absolute Gasteiger partial charge is 0.351 e. The summed E-state index contributed by atoms with van der Waals surface area (Å²) in [6, 6.07) is 10.2. The van der Waals surface area contributed by atoms with Gasteiger partial charge in [-0.1, -0.05) is 29.8 Å². The highest BCUT2D eigenvalue weighted by atomic mass is 35.5. The largest absolute Gasteiger partial charge is 0.360 e. The third-order valence-electron chi connectivity index (χ3n) is 4.11. The van der Waals surface area contributed by atoms with Crippen LogP contribution in [0.3, 0.4) is 0 Å². The first kappa shape index (κ1) is 19.8. The van der Waals surface area contributed by atoms with Crippen LogP contribution in [0.1, 0.15) is 23.0 Å². The number of rotatable bonds is 7. The van der Waals surface area contributed by atoms with E-state index in [-0.39, 0.29) is 30.5 Å². The van der Waals surface area contributed by atoms with Crippen LogP contribution in [0.5, 0.6) is 0 Å². The highest BCUT2D eigenvalue weighted by molar-refractivity contribution is 7.75. The Morgan fingerprint density at radius 2 is 2.15 bits per heavy atom. The van der Waals surface area contributed by atoms with Gasteiger partial charge in [-0.2, -0.15) is 4.98 Å². The van der Waals surface area contributed by atoms with Crippen molar-refractivity contribution in [2.75, 3.05) is 18.0 Å². The van der Waals surface area contributed by atoms with Crippen molar-refractivity contribution in [3.05, 3.63) is 58.6 Å². The zero-order chi connectivity index (χ0) is 19.2. The summed E-state index contributed by atoms with van der Waals surface area (Å²) in [6.07, 6.45) is 0.610. The lowest BCUT2D eigenvalue weighted by Crippen LogP contribution is -2.29. The Bertz CT molecular complexity index is 821. The van der Waals surface area contributed by atoms with E-state index in [1.54, 1.807) is 24.3 Å². The molecule has 3 atom stereocenters. The van der Waals surface area contributed by atoms with Crippen molar-refractivity contribution in [2.24, 2.45) is 0 Å². The van der Waals surface area contributed by atoms with E-state index in [2.05, 4.69) is 23.2 Å². The summed E-state index contributed by atoms with van der Waals surface area (Å²) in [5.41, 5.74) is -0.0822. The maximum Gasteiger partial charge on any atom is 0.351 e. The van der Waals surface area contributed by atoms with E-state index in [1.807, 2.05) is 6.07 Å². The molecule has 0 radical (unpaired) electrons. The number of nitrogens with one attached hydrogen (secondary N) is 1. The van der Waals surface area contributed by atoms with Crippen molar-refractivity contribution < 1.29 is 18.5 Å². The standard InChI is InChI=1S/C17H18ClN3O5S/c18-10-24-12-8-15(26-13(12)9-25-27)21-7-6-14(20-17(21)23)19-16(22)11-4-2-1-3-5-11/h1-7,12-13,15,27H,8-10H2,(H,19,20,22,23)/t12-,13-,15-/m1/s1. The molecular formula is C17H18ClN3O5S. The van der Waals surface area contributed by atoms with E-state index < -0.39 is 18.0 Å². The second-order valence-corrected chi connectivity index (χ2v) is 6.27. The zero-order valence-corrected chi connectivity index (χ0v) is 15.8. The maximum atomic E-state index is 12.4. The summed E-state index contributed by atoms with van der Waals surface area (Å²) in [5.74, 6) is -0.189. The van der Waals surface area contributed by atoms with Gasteiger partial charge in [-0.3, -0.25) is 9.36 Å². The Labute approximate surface area is 166 Å². The molecule has 144 valence electrons. The summed E-state index contributed by atoms with van der Waals surface area (Å²) >= 11 is 9.36. The number of thiol groups is 1. The molecule has 0 aliphatic carbocycles. The van der Waals surface area contributed by atoms with E-state index in [1.165, 1.54) is 16.8 Å². The van der Waals surface area contributed by atoms with E-state index in [0.29, 0.717) is 12.0 Å². The van der Waals surface area contributed by atoms with Crippen molar-refractivity contribution >= 4 is 36.2 Å². The SMILES string of the molecule is O=C(Nc1ccn([C@H]2C[C@@H](OCCl)[C@@H](COS)O2)c(=O)n1)c1ccccc1. The average Bonchev–Trinajstić information content (AvgIpc) is 3.05. The third-order valence-corrected chi connectivity index (χ3v) is 4.39. The van der Waals surface area contributed by atoms with Crippen LogP contribution in [0.25, 0.3) is 0 Å². The number of alkyl halides is 1. The first-order chi connectivity index (χ1) is 13.1. The fourth-order valence-electron chi connectivity index (χ4n) is 2.83. The number of hydrogen-bond acceptors (Lipinski definition) is 7. The van der Waals surface area contributed by atoms with Gasteiger partial charge in [0, 0.05) is 18.2 Å². The molecule has 1 aliphatic rings. The Hall–Kier alpha value is -1.91. The molecule has 3 rings (SSSR count). The van der Waals surface area contributed by atoms with E-state index in [9.17, 15) is 9.59 Å². The number of benzene rings is 1. The van der Waals surface area contributed by atoms with Gasteiger partial charge in [0.1, 0.15) is 24.2 Å². The molecule has 0 unspecified atom stereocenters. The third kappa shape index (κ3) is 4.88. The van der Waals surface area contributed by atoms with Gasteiger partial charge in [0.05, 0.1) is 12.7 Å². The number of hydrogen-bond donors (Lipinski definition) is 2. The molecule has 1 aliphatic heterocycles. The minimum atomic E-state index is -0.578. The molecule has 0 saturated carbocycles. The van der Waals surface area contributed by atoms with E-state index >= 15 is 0 Å². The number of aromatic nitrogens is 2. The first-order valence-electron chi connectivity index (χ1n) is 8.17. The van der Waals surface area contributed by atoms with Crippen LogP contribution in [0.2, 0.25) is 0 Å². The highest BCUT2D eigenvalue weighted by Crippen LogP contribution is 2.30. The van der Waals surface area contributed by atoms with E-state index in [0.717, 1.165) is 0 Å². The predicted molar refractivity (Wildman–Crippen MR) is 102 cm³/mol. The Morgan fingerprint density at radius 3 is 2.81 bits per heavy atom. The van der Waals surface area contributed by atoms with Crippen LogP contribution in [0.4, 0.5) is 5.82 Å². The topological polar surface area (TPSA) is 91.7 Å². The van der Waals surface area contributed by atoms with Crippen molar-refractivity contribution in [2.45, 2.75) is 24.9 Å². The molecule has 1 N–H and O–H groups in total. The quantitative estimate of drug-likeness (QED) is 0.412. The summed E-state index contributed by atoms with van der Waals surface area (Å²) in [6.45, 7) is 0.189. The van der Waals surface area contributed by atoms with Crippen molar-refractivity contribution in [3.63, 3.8) is 0 Å². The van der Waals surface area contributed by atoms with Crippen LogP contribution in [-0.4, -0.2) is 40.3 Å². The Kier molecular flexibility index (Phi) is 6.86. The van der Waals surface area contributed by atoms with Gasteiger partial charge in [0.15, 0.2) is 0 Å². The van der Waals surface area contributed by atoms with Crippen LogP contribution >= 0.6 is 24.5 Å². The fraction of sp³-hybridized carbons (Fsp3) is 0.353. The lowest BCUT2D eigenvalue weighted by Gasteiger charge is -2.16. The number of anilines is 1. The molecule has 8 nitrogen and oxygen atoms in total. The minimum absolute atomic E-state index is 0.00141. The van der Waals surface area contributed by atoms with Gasteiger partial charge < -0.3 is 19.0 Å². The molecule has 1 saturated heterocycles. The first-order valence-corrected chi connectivity index (χ1v) is 9.07. The molecular weight excluding hydrogens is 394 g/mol. The maximum absolute atomic E-state index is 12.4. The van der Waals surface area contributed by atoms with Gasteiger partial charge in [0.25, 0.3) is 5.91 Å². The second-order valence-electron chi connectivity index (χ2n) is 5.80. The van der Waals surface area contributed by atoms with Crippen molar-refractivity contribution in [3.8, 4) is 0 Å². The van der Waals surface area contributed by atoms with Crippen LogP contribution in [0.15, 0.2) is 47.4 Å². The van der Waals surface area contributed by atoms with Crippen LogP contribution in [-0.2, 0) is 13.7 Å². The number of amides is 1. The number of carbonyl (C=O) groups excluding carboxylic acids is 1.